The first-order valence-electron chi connectivity index (χ1n) is 8.80. The fourth-order valence-corrected chi connectivity index (χ4v) is 3.91. The van der Waals surface area contributed by atoms with Crippen LogP contribution in [-0.4, -0.2) is 38.2 Å². The Morgan fingerprint density at radius 1 is 1.24 bits per heavy atom. The summed E-state index contributed by atoms with van der Waals surface area (Å²) in [4.78, 5) is 14.8. The summed E-state index contributed by atoms with van der Waals surface area (Å²) in [6, 6.07) is 6.36. The minimum atomic E-state index is 0.698. The van der Waals surface area contributed by atoms with Crippen molar-refractivity contribution in [2.45, 2.75) is 19.8 Å². The van der Waals surface area contributed by atoms with Gasteiger partial charge in [0.2, 0.25) is 0 Å². The lowest BCUT2D eigenvalue weighted by atomic mass is 9.99. The number of hydrogen-bond acceptors (Lipinski definition) is 4. The lowest BCUT2D eigenvalue weighted by Crippen LogP contribution is -2.35. The Morgan fingerprint density at radius 3 is 3.12 bits per heavy atom. The third-order valence-corrected chi connectivity index (χ3v) is 5.16. The number of nitrogens with one attached hydrogen (secondary N) is 2. The summed E-state index contributed by atoms with van der Waals surface area (Å²) in [5, 5.41) is 9.34. The lowest BCUT2D eigenvalue weighted by molar-refractivity contribution is 0.445. The van der Waals surface area contributed by atoms with E-state index in [4.69, 9.17) is 0 Å². The van der Waals surface area contributed by atoms with Gasteiger partial charge in [0.25, 0.3) is 0 Å². The van der Waals surface area contributed by atoms with E-state index in [1.807, 2.05) is 12.4 Å². The van der Waals surface area contributed by atoms with Gasteiger partial charge in [-0.15, -0.1) is 0 Å². The predicted molar refractivity (Wildman–Crippen MR) is 99.6 cm³/mol. The van der Waals surface area contributed by atoms with Gasteiger partial charge >= 0.3 is 0 Å². The molecule has 0 saturated carbocycles. The molecule has 1 aliphatic rings. The molecule has 2 N–H and O–H groups in total. The maximum atomic E-state index is 4.65. The molecule has 25 heavy (non-hydrogen) atoms. The van der Waals surface area contributed by atoms with Gasteiger partial charge in [0.1, 0.15) is 17.8 Å². The van der Waals surface area contributed by atoms with Gasteiger partial charge < -0.3 is 9.88 Å². The SMILES string of the molecule is CC1CCCN(c2ncnc3[nH]cc(-c4ccc5[nH]ncc5c4)c23)C1. The summed E-state index contributed by atoms with van der Waals surface area (Å²) in [5.74, 6) is 1.74. The van der Waals surface area contributed by atoms with E-state index >= 15 is 0 Å². The van der Waals surface area contributed by atoms with E-state index in [1.54, 1.807) is 6.33 Å². The highest BCUT2D eigenvalue weighted by molar-refractivity contribution is 6.02. The third-order valence-electron chi connectivity index (χ3n) is 5.16. The average molecular weight is 332 g/mol. The molecule has 4 aromatic rings. The van der Waals surface area contributed by atoms with Crippen LogP contribution >= 0.6 is 0 Å². The number of H-pyrrole nitrogens is 2. The maximum Gasteiger partial charge on any atom is 0.143 e. The molecule has 1 unspecified atom stereocenters. The van der Waals surface area contributed by atoms with Gasteiger partial charge in [0, 0.05) is 30.2 Å². The van der Waals surface area contributed by atoms with Crippen molar-refractivity contribution in [2.24, 2.45) is 5.92 Å². The van der Waals surface area contributed by atoms with Crippen LogP contribution in [0.2, 0.25) is 0 Å². The number of anilines is 1. The monoisotopic (exact) mass is 332 g/mol. The first kappa shape index (κ1) is 14.5. The van der Waals surface area contributed by atoms with Crippen LogP contribution in [-0.2, 0) is 0 Å². The molecule has 1 aromatic carbocycles. The van der Waals surface area contributed by atoms with Crippen molar-refractivity contribution in [2.75, 3.05) is 18.0 Å². The zero-order valence-electron chi connectivity index (χ0n) is 14.2. The number of nitrogens with zero attached hydrogens (tertiary/aromatic N) is 4. The van der Waals surface area contributed by atoms with Gasteiger partial charge in [-0.2, -0.15) is 5.10 Å². The van der Waals surface area contributed by atoms with Crippen LogP contribution in [0.5, 0.6) is 0 Å². The van der Waals surface area contributed by atoms with Crippen LogP contribution < -0.4 is 4.90 Å². The lowest BCUT2D eigenvalue weighted by Gasteiger charge is -2.32. The van der Waals surface area contributed by atoms with Crippen molar-refractivity contribution in [1.29, 1.82) is 0 Å². The molecule has 6 heteroatoms. The second kappa shape index (κ2) is 5.58. The van der Waals surface area contributed by atoms with E-state index in [0.29, 0.717) is 5.92 Å². The predicted octanol–water partition coefficient (Wildman–Crippen LogP) is 3.74. The topological polar surface area (TPSA) is 73.5 Å². The molecule has 0 amide bonds. The van der Waals surface area contributed by atoms with Gasteiger partial charge in [-0.05, 0) is 36.5 Å². The van der Waals surface area contributed by atoms with Crippen molar-refractivity contribution in [1.82, 2.24) is 25.1 Å². The van der Waals surface area contributed by atoms with Crippen LogP contribution in [0.15, 0.2) is 36.9 Å². The second-order valence-corrected chi connectivity index (χ2v) is 6.99. The number of piperidine rings is 1. The molecule has 1 fully saturated rings. The highest BCUT2D eigenvalue weighted by Crippen LogP contribution is 2.35. The molecule has 0 aliphatic carbocycles. The molecule has 0 bridgehead atoms. The number of benzene rings is 1. The molecule has 1 aliphatic heterocycles. The molecule has 1 saturated heterocycles. The maximum absolute atomic E-state index is 4.65. The van der Waals surface area contributed by atoms with E-state index in [2.05, 4.69) is 55.2 Å². The molecule has 6 nitrogen and oxygen atoms in total. The van der Waals surface area contributed by atoms with Crippen LogP contribution in [0, 0.1) is 5.92 Å². The summed E-state index contributed by atoms with van der Waals surface area (Å²) in [5.41, 5.74) is 4.24. The molecule has 3 aromatic heterocycles. The number of rotatable bonds is 2. The Hall–Kier alpha value is -2.89. The molecule has 4 heterocycles. The van der Waals surface area contributed by atoms with Crippen molar-refractivity contribution in [3.05, 3.63) is 36.9 Å². The van der Waals surface area contributed by atoms with Gasteiger partial charge in [0.05, 0.1) is 17.1 Å². The van der Waals surface area contributed by atoms with Crippen molar-refractivity contribution < 1.29 is 0 Å². The van der Waals surface area contributed by atoms with E-state index < -0.39 is 0 Å². The standard InChI is InChI=1S/C19H20N6/c1-12-3-2-6-25(10-12)19-17-15(9-20-18(17)21-11-22-19)13-4-5-16-14(7-13)8-23-24-16/h4-5,7-9,11-12H,2-3,6,10H2,1H3,(H,23,24)(H,20,21,22). The molecule has 0 radical (unpaired) electrons. The van der Waals surface area contributed by atoms with E-state index in [0.717, 1.165) is 52.0 Å². The first-order valence-corrected chi connectivity index (χ1v) is 8.80. The van der Waals surface area contributed by atoms with Gasteiger partial charge in [-0.1, -0.05) is 13.0 Å². The van der Waals surface area contributed by atoms with E-state index in [9.17, 15) is 0 Å². The van der Waals surface area contributed by atoms with Crippen LogP contribution in [0.4, 0.5) is 5.82 Å². The number of aromatic nitrogens is 5. The fraction of sp³-hybridized carbons (Fsp3) is 0.316. The highest BCUT2D eigenvalue weighted by Gasteiger charge is 2.22. The van der Waals surface area contributed by atoms with Crippen LogP contribution in [0.1, 0.15) is 19.8 Å². The number of fused-ring (bicyclic) bond motifs is 2. The number of hydrogen-bond donors (Lipinski definition) is 2. The Balaban J connectivity index is 1.68. The zero-order chi connectivity index (χ0) is 16.8. The Morgan fingerprint density at radius 2 is 2.20 bits per heavy atom. The quantitative estimate of drug-likeness (QED) is 0.586. The first-order chi connectivity index (χ1) is 12.3. The molecular weight excluding hydrogens is 312 g/mol. The Bertz CT molecular complexity index is 1050. The summed E-state index contributed by atoms with van der Waals surface area (Å²) >= 11 is 0. The minimum absolute atomic E-state index is 0.698. The largest absolute Gasteiger partial charge is 0.356 e. The molecule has 0 spiro atoms. The van der Waals surface area contributed by atoms with E-state index in [1.165, 1.54) is 12.8 Å². The van der Waals surface area contributed by atoms with Crippen molar-refractivity contribution >= 4 is 27.8 Å². The van der Waals surface area contributed by atoms with Gasteiger partial charge in [0.15, 0.2) is 0 Å². The summed E-state index contributed by atoms with van der Waals surface area (Å²) in [6.45, 7) is 4.43. The van der Waals surface area contributed by atoms with Crippen molar-refractivity contribution in [3.8, 4) is 11.1 Å². The third kappa shape index (κ3) is 2.36. The Kier molecular flexibility index (Phi) is 3.23. The normalized spacial score (nSPS) is 18.3. The molecule has 5 rings (SSSR count). The average Bonchev–Trinajstić information content (AvgIpc) is 3.27. The smallest absolute Gasteiger partial charge is 0.143 e. The molecule has 126 valence electrons. The summed E-state index contributed by atoms with van der Waals surface area (Å²) < 4.78 is 0. The highest BCUT2D eigenvalue weighted by atomic mass is 15.2. The van der Waals surface area contributed by atoms with Crippen LogP contribution in [0.3, 0.4) is 0 Å². The van der Waals surface area contributed by atoms with Crippen molar-refractivity contribution in [3.63, 3.8) is 0 Å². The molecule has 1 atom stereocenters. The summed E-state index contributed by atoms with van der Waals surface area (Å²) in [6.07, 6.45) is 8.07. The van der Waals surface area contributed by atoms with E-state index in [-0.39, 0.29) is 0 Å². The number of aromatic amines is 2. The second-order valence-electron chi connectivity index (χ2n) is 6.99. The Labute approximate surface area is 145 Å². The minimum Gasteiger partial charge on any atom is -0.356 e. The van der Waals surface area contributed by atoms with Gasteiger partial charge in [-0.25, -0.2) is 9.97 Å². The van der Waals surface area contributed by atoms with Crippen LogP contribution in [0.25, 0.3) is 33.1 Å². The molecular formula is C19H20N6. The summed E-state index contributed by atoms with van der Waals surface area (Å²) in [7, 11) is 0. The van der Waals surface area contributed by atoms with Gasteiger partial charge in [-0.3, -0.25) is 5.10 Å². The fourth-order valence-electron chi connectivity index (χ4n) is 3.91. The zero-order valence-corrected chi connectivity index (χ0v) is 14.2.